The fourth-order valence-corrected chi connectivity index (χ4v) is 1.39. The quantitative estimate of drug-likeness (QED) is 0.571. The van der Waals surface area contributed by atoms with E-state index in [-0.39, 0.29) is 6.04 Å². The molecule has 1 atom stereocenters. The molecule has 1 unspecified atom stereocenters. The molecule has 0 spiro atoms. The second-order valence-corrected chi connectivity index (χ2v) is 3.51. The summed E-state index contributed by atoms with van der Waals surface area (Å²) in [5, 5.41) is 0. The zero-order chi connectivity index (χ0) is 10.9. The molecule has 1 aromatic carbocycles. The van der Waals surface area contributed by atoms with Crippen LogP contribution in [0.5, 0.6) is 0 Å². The van der Waals surface area contributed by atoms with Gasteiger partial charge in [0.1, 0.15) is 0 Å². The predicted octanol–water partition coefficient (Wildman–Crippen LogP) is 3.60. The summed E-state index contributed by atoms with van der Waals surface area (Å²) >= 11 is 0. The van der Waals surface area contributed by atoms with Gasteiger partial charge in [0.25, 0.3) is 0 Å². The van der Waals surface area contributed by atoms with Crippen LogP contribution in [0.4, 0.5) is 0 Å². The lowest BCUT2D eigenvalue weighted by atomic mass is 10.1. The lowest BCUT2D eigenvalue weighted by Gasteiger charge is -2.05. The van der Waals surface area contributed by atoms with E-state index in [1.807, 2.05) is 25.1 Å². The Labute approximate surface area is 92.3 Å². The minimum Gasteiger partial charge on any atom is -0.321 e. The third-order valence-electron chi connectivity index (χ3n) is 2.26. The van der Waals surface area contributed by atoms with Crippen molar-refractivity contribution in [2.75, 3.05) is 0 Å². The first kappa shape index (κ1) is 11.7. The van der Waals surface area contributed by atoms with Crippen molar-refractivity contribution in [3.05, 3.63) is 60.2 Å². The fraction of sp³-hybridized carbons (Fsp3) is 0.286. The Morgan fingerprint density at radius 3 is 2.47 bits per heavy atom. The van der Waals surface area contributed by atoms with Gasteiger partial charge in [-0.3, -0.25) is 0 Å². The summed E-state index contributed by atoms with van der Waals surface area (Å²) in [6, 6.07) is 10.2. The van der Waals surface area contributed by atoms with Gasteiger partial charge in [-0.2, -0.15) is 0 Å². The normalized spacial score (nSPS) is 13.7. The van der Waals surface area contributed by atoms with Gasteiger partial charge in [0, 0.05) is 6.04 Å². The largest absolute Gasteiger partial charge is 0.321 e. The Bertz CT molecular complexity index is 311. The highest BCUT2D eigenvalue weighted by Crippen LogP contribution is 2.11. The van der Waals surface area contributed by atoms with E-state index in [0.29, 0.717) is 0 Å². The Kier molecular flexibility index (Phi) is 5.49. The Morgan fingerprint density at radius 1 is 1.13 bits per heavy atom. The van der Waals surface area contributed by atoms with Crippen molar-refractivity contribution in [2.24, 2.45) is 5.73 Å². The van der Waals surface area contributed by atoms with E-state index in [9.17, 15) is 0 Å². The van der Waals surface area contributed by atoms with Crippen LogP contribution in [0.15, 0.2) is 54.6 Å². The molecule has 0 fully saturated rings. The smallest absolute Gasteiger partial charge is 0.0481 e. The molecule has 0 aliphatic heterocycles. The van der Waals surface area contributed by atoms with Gasteiger partial charge in [0.05, 0.1) is 0 Å². The molecule has 0 heterocycles. The zero-order valence-corrected chi connectivity index (χ0v) is 9.27. The van der Waals surface area contributed by atoms with Gasteiger partial charge in [-0.15, -0.1) is 0 Å². The van der Waals surface area contributed by atoms with E-state index in [0.717, 1.165) is 12.8 Å². The molecule has 80 valence electrons. The average molecular weight is 201 g/mol. The van der Waals surface area contributed by atoms with E-state index >= 15 is 0 Å². The monoisotopic (exact) mass is 201 g/mol. The average Bonchev–Trinajstić information content (AvgIpc) is 2.30. The van der Waals surface area contributed by atoms with E-state index < -0.39 is 0 Å². The molecule has 1 nitrogen and oxygen atoms in total. The van der Waals surface area contributed by atoms with Crippen LogP contribution >= 0.6 is 0 Å². The topological polar surface area (TPSA) is 26.0 Å². The number of unbranched alkanes of at least 4 members (excludes halogenated alkanes) is 1. The summed E-state index contributed by atoms with van der Waals surface area (Å²) < 4.78 is 0. The van der Waals surface area contributed by atoms with Crippen molar-refractivity contribution in [3.8, 4) is 0 Å². The predicted molar refractivity (Wildman–Crippen MR) is 66.6 cm³/mol. The van der Waals surface area contributed by atoms with E-state index in [4.69, 9.17) is 5.73 Å². The maximum atomic E-state index is 6.00. The minimum absolute atomic E-state index is 0.0248. The lowest BCUT2D eigenvalue weighted by molar-refractivity contribution is 0.897. The van der Waals surface area contributed by atoms with Crippen LogP contribution in [0.2, 0.25) is 0 Å². The molecule has 0 aliphatic rings. The third kappa shape index (κ3) is 4.61. The molecule has 15 heavy (non-hydrogen) atoms. The molecule has 1 heteroatoms. The van der Waals surface area contributed by atoms with Gasteiger partial charge in [-0.1, -0.05) is 54.6 Å². The molecule has 0 aliphatic carbocycles. The van der Waals surface area contributed by atoms with Crippen molar-refractivity contribution in [1.82, 2.24) is 0 Å². The van der Waals surface area contributed by atoms with Gasteiger partial charge in [0.15, 0.2) is 0 Å². The second kappa shape index (κ2) is 7.02. The van der Waals surface area contributed by atoms with Gasteiger partial charge in [-0.25, -0.2) is 0 Å². The van der Waals surface area contributed by atoms with Crippen LogP contribution in [0, 0.1) is 0 Å². The summed E-state index contributed by atoms with van der Waals surface area (Å²) in [5.41, 5.74) is 7.17. The summed E-state index contributed by atoms with van der Waals surface area (Å²) in [5.74, 6) is 0. The summed E-state index contributed by atoms with van der Waals surface area (Å²) in [6.45, 7) is 2.04. The van der Waals surface area contributed by atoms with Gasteiger partial charge in [-0.05, 0) is 25.3 Å². The summed E-state index contributed by atoms with van der Waals surface area (Å²) in [7, 11) is 0. The molecule has 0 bridgehead atoms. The van der Waals surface area contributed by atoms with E-state index in [2.05, 4.69) is 36.4 Å². The lowest BCUT2D eigenvalue weighted by Crippen LogP contribution is -2.06. The number of rotatable bonds is 5. The summed E-state index contributed by atoms with van der Waals surface area (Å²) in [4.78, 5) is 0. The van der Waals surface area contributed by atoms with Crippen molar-refractivity contribution in [2.45, 2.75) is 25.8 Å². The van der Waals surface area contributed by atoms with Crippen molar-refractivity contribution in [1.29, 1.82) is 0 Å². The van der Waals surface area contributed by atoms with Gasteiger partial charge < -0.3 is 5.73 Å². The van der Waals surface area contributed by atoms with E-state index in [1.54, 1.807) is 0 Å². The number of hydrogen-bond donors (Lipinski definition) is 1. The maximum Gasteiger partial charge on any atom is 0.0481 e. The first-order valence-corrected chi connectivity index (χ1v) is 5.43. The molecule has 0 saturated heterocycles. The molecular formula is C14H19N. The minimum atomic E-state index is 0.0248. The standard InChI is InChI=1S/C14H19N/c1-2-3-4-5-9-12-14(15)13-10-7-6-8-11-13/h2-3,6-12,14H,4-5,15H2,1H3/b3-2+,12-9+. The van der Waals surface area contributed by atoms with Gasteiger partial charge >= 0.3 is 0 Å². The second-order valence-electron chi connectivity index (χ2n) is 3.51. The molecule has 1 rings (SSSR count). The Hall–Kier alpha value is -1.34. The Balaban J connectivity index is 2.38. The number of benzene rings is 1. The first-order valence-electron chi connectivity index (χ1n) is 5.43. The Morgan fingerprint density at radius 2 is 1.80 bits per heavy atom. The van der Waals surface area contributed by atoms with Crippen molar-refractivity contribution < 1.29 is 0 Å². The highest BCUT2D eigenvalue weighted by Gasteiger charge is 1.98. The number of allylic oxidation sites excluding steroid dienone is 3. The highest BCUT2D eigenvalue weighted by molar-refractivity contribution is 5.22. The van der Waals surface area contributed by atoms with Crippen LogP contribution in [0.1, 0.15) is 31.4 Å². The highest BCUT2D eigenvalue weighted by atomic mass is 14.6. The van der Waals surface area contributed by atoms with Crippen LogP contribution in [0.3, 0.4) is 0 Å². The van der Waals surface area contributed by atoms with Crippen molar-refractivity contribution in [3.63, 3.8) is 0 Å². The van der Waals surface area contributed by atoms with Crippen LogP contribution in [-0.4, -0.2) is 0 Å². The van der Waals surface area contributed by atoms with Crippen LogP contribution in [0.25, 0.3) is 0 Å². The van der Waals surface area contributed by atoms with Crippen molar-refractivity contribution >= 4 is 0 Å². The molecule has 0 amide bonds. The molecule has 1 aromatic rings. The molecule has 0 saturated carbocycles. The molecule has 0 aromatic heterocycles. The van der Waals surface area contributed by atoms with Crippen LogP contribution in [-0.2, 0) is 0 Å². The third-order valence-corrected chi connectivity index (χ3v) is 2.26. The van der Waals surface area contributed by atoms with Crippen LogP contribution < -0.4 is 5.73 Å². The molecule has 2 N–H and O–H groups in total. The number of hydrogen-bond acceptors (Lipinski definition) is 1. The fourth-order valence-electron chi connectivity index (χ4n) is 1.39. The number of nitrogens with two attached hydrogens (primary N) is 1. The summed E-state index contributed by atoms with van der Waals surface area (Å²) in [6.07, 6.45) is 10.6. The molecule has 0 radical (unpaired) electrons. The van der Waals surface area contributed by atoms with Gasteiger partial charge in [0.2, 0.25) is 0 Å². The first-order chi connectivity index (χ1) is 7.34. The SMILES string of the molecule is C/C=C/CC/C=C/C(N)c1ccccc1. The maximum absolute atomic E-state index is 6.00. The molecular weight excluding hydrogens is 182 g/mol. The zero-order valence-electron chi connectivity index (χ0n) is 9.27. The van der Waals surface area contributed by atoms with E-state index in [1.165, 1.54) is 5.56 Å².